The molecule has 156 valence electrons. The van der Waals surface area contributed by atoms with Gasteiger partial charge in [-0.3, -0.25) is 9.36 Å². The number of nitrogens with one attached hydrogen (secondary N) is 1. The largest absolute Gasteiger partial charge is 0.492 e. The number of ether oxygens (including phenoxy) is 1. The summed E-state index contributed by atoms with van der Waals surface area (Å²) in [4.78, 5) is 27.7. The zero-order valence-electron chi connectivity index (χ0n) is 17.1. The van der Waals surface area contributed by atoms with E-state index in [-0.39, 0.29) is 11.8 Å². The van der Waals surface area contributed by atoms with Crippen LogP contribution in [0.25, 0.3) is 5.82 Å². The maximum Gasteiger partial charge on any atom is 0.223 e. The number of anilines is 1. The predicted molar refractivity (Wildman–Crippen MR) is 114 cm³/mol. The first-order valence-electron chi connectivity index (χ1n) is 10.2. The summed E-state index contributed by atoms with van der Waals surface area (Å²) in [5.41, 5.74) is 0. The number of carbonyl (C=O) groups excluding carboxylic acids is 1. The first-order valence-corrected chi connectivity index (χ1v) is 10.2. The van der Waals surface area contributed by atoms with E-state index in [1.807, 2.05) is 54.1 Å². The summed E-state index contributed by atoms with van der Waals surface area (Å²) in [5, 5.41) is 2.99. The second-order valence-corrected chi connectivity index (χ2v) is 7.29. The summed E-state index contributed by atoms with van der Waals surface area (Å²) in [5.74, 6) is 3.50. The molecule has 1 N–H and O–H groups in total. The van der Waals surface area contributed by atoms with E-state index in [9.17, 15) is 4.79 Å². The van der Waals surface area contributed by atoms with E-state index in [0.29, 0.717) is 13.2 Å². The molecule has 1 saturated heterocycles. The average Bonchev–Trinajstić information content (AvgIpc) is 3.23. The van der Waals surface area contributed by atoms with E-state index in [1.54, 1.807) is 12.5 Å². The van der Waals surface area contributed by atoms with E-state index in [0.717, 1.165) is 49.1 Å². The van der Waals surface area contributed by atoms with Crippen molar-refractivity contribution < 1.29 is 9.53 Å². The van der Waals surface area contributed by atoms with Crippen molar-refractivity contribution in [3.05, 3.63) is 60.9 Å². The van der Waals surface area contributed by atoms with Gasteiger partial charge in [-0.15, -0.1) is 0 Å². The first kappa shape index (κ1) is 19.9. The smallest absolute Gasteiger partial charge is 0.223 e. The fourth-order valence-electron chi connectivity index (χ4n) is 3.64. The summed E-state index contributed by atoms with van der Waals surface area (Å²) < 4.78 is 7.56. The highest BCUT2D eigenvalue weighted by atomic mass is 16.5. The van der Waals surface area contributed by atoms with Crippen LogP contribution in [0.2, 0.25) is 0 Å². The lowest BCUT2D eigenvalue weighted by Crippen LogP contribution is -2.41. The molecule has 4 rings (SSSR count). The quantitative estimate of drug-likeness (QED) is 0.607. The number of carbonyl (C=O) groups is 1. The third-order valence-electron chi connectivity index (χ3n) is 5.31. The Hall–Kier alpha value is -3.42. The van der Waals surface area contributed by atoms with Gasteiger partial charge < -0.3 is 15.0 Å². The molecule has 8 heteroatoms. The number of hydrogen-bond acceptors (Lipinski definition) is 6. The number of hydrogen-bond donors (Lipinski definition) is 1. The van der Waals surface area contributed by atoms with Crippen molar-refractivity contribution in [1.82, 2.24) is 24.8 Å². The molecule has 0 spiro atoms. The molecule has 1 aliphatic rings. The molecular formula is C22H26N6O2. The third kappa shape index (κ3) is 4.76. The van der Waals surface area contributed by atoms with E-state index < -0.39 is 0 Å². The number of para-hydroxylation sites is 1. The van der Waals surface area contributed by atoms with Gasteiger partial charge in [-0.1, -0.05) is 18.2 Å². The van der Waals surface area contributed by atoms with Gasteiger partial charge in [-0.25, -0.2) is 15.0 Å². The maximum atomic E-state index is 12.5. The van der Waals surface area contributed by atoms with Crippen molar-refractivity contribution in [3.63, 3.8) is 0 Å². The highest BCUT2D eigenvalue weighted by Crippen LogP contribution is 2.23. The molecule has 1 aliphatic heterocycles. The van der Waals surface area contributed by atoms with Gasteiger partial charge in [0.05, 0.1) is 6.54 Å². The van der Waals surface area contributed by atoms with Crippen LogP contribution in [-0.4, -0.2) is 51.7 Å². The fraction of sp³-hybridized carbons (Fsp3) is 0.364. The molecule has 1 fully saturated rings. The van der Waals surface area contributed by atoms with E-state index in [1.165, 1.54) is 0 Å². The molecule has 0 atom stereocenters. The van der Waals surface area contributed by atoms with Gasteiger partial charge in [-0.05, 0) is 31.9 Å². The Morgan fingerprint density at radius 3 is 2.63 bits per heavy atom. The van der Waals surface area contributed by atoms with Crippen LogP contribution in [-0.2, 0) is 4.79 Å². The Morgan fingerprint density at radius 2 is 1.90 bits per heavy atom. The van der Waals surface area contributed by atoms with Gasteiger partial charge in [0, 0.05) is 37.5 Å². The molecule has 8 nitrogen and oxygen atoms in total. The topological polar surface area (TPSA) is 85.2 Å². The van der Waals surface area contributed by atoms with E-state index >= 15 is 0 Å². The molecule has 3 aromatic rings. The average molecular weight is 406 g/mol. The normalized spacial score (nSPS) is 14.5. The SMILES string of the molecule is Cc1nccn1-c1cc(N2CCC(C(=O)NCCOc3ccccc3)CC2)ncn1. The molecular weight excluding hydrogens is 380 g/mol. The second-order valence-electron chi connectivity index (χ2n) is 7.29. The van der Waals surface area contributed by atoms with Gasteiger partial charge >= 0.3 is 0 Å². The first-order chi connectivity index (χ1) is 14.7. The van der Waals surface area contributed by atoms with Crippen molar-refractivity contribution in [3.8, 4) is 11.6 Å². The zero-order chi connectivity index (χ0) is 20.8. The number of benzene rings is 1. The van der Waals surface area contributed by atoms with Crippen LogP contribution < -0.4 is 15.0 Å². The number of piperidine rings is 1. The highest BCUT2D eigenvalue weighted by molar-refractivity contribution is 5.79. The number of amides is 1. The van der Waals surface area contributed by atoms with Crippen LogP contribution in [0, 0.1) is 12.8 Å². The third-order valence-corrected chi connectivity index (χ3v) is 5.31. The van der Waals surface area contributed by atoms with Crippen LogP contribution in [0.4, 0.5) is 5.82 Å². The molecule has 0 radical (unpaired) electrons. The predicted octanol–water partition coefficient (Wildman–Crippen LogP) is 2.38. The monoisotopic (exact) mass is 406 g/mol. The van der Waals surface area contributed by atoms with Gasteiger partial charge in [0.25, 0.3) is 0 Å². The Morgan fingerprint density at radius 1 is 1.13 bits per heavy atom. The van der Waals surface area contributed by atoms with Crippen LogP contribution in [0.3, 0.4) is 0 Å². The minimum Gasteiger partial charge on any atom is -0.492 e. The van der Waals surface area contributed by atoms with Crippen LogP contribution >= 0.6 is 0 Å². The standard InChI is InChI=1S/C22H26N6O2/c1-17-23-9-13-28(17)21-15-20(25-16-26-21)27-11-7-18(8-12-27)22(29)24-10-14-30-19-5-3-2-4-6-19/h2-6,9,13,15-16,18H,7-8,10-12,14H2,1H3,(H,24,29). The second kappa shape index (κ2) is 9.39. The van der Waals surface area contributed by atoms with Crippen LogP contribution in [0.1, 0.15) is 18.7 Å². The number of aryl methyl sites for hydroxylation is 1. The minimum absolute atomic E-state index is 0.0233. The molecule has 0 saturated carbocycles. The van der Waals surface area contributed by atoms with Crippen molar-refractivity contribution in [2.75, 3.05) is 31.1 Å². The summed E-state index contributed by atoms with van der Waals surface area (Å²) >= 11 is 0. The fourth-order valence-corrected chi connectivity index (χ4v) is 3.64. The minimum atomic E-state index is 0.0233. The molecule has 1 aromatic carbocycles. The Labute approximate surface area is 175 Å². The van der Waals surface area contributed by atoms with Gasteiger partial charge in [-0.2, -0.15) is 0 Å². The lowest BCUT2D eigenvalue weighted by atomic mass is 9.96. The number of rotatable bonds is 7. The Bertz CT molecular complexity index is 967. The van der Waals surface area contributed by atoms with Gasteiger partial charge in [0.1, 0.15) is 36.1 Å². The zero-order valence-corrected chi connectivity index (χ0v) is 17.1. The van der Waals surface area contributed by atoms with E-state index in [4.69, 9.17) is 4.74 Å². The van der Waals surface area contributed by atoms with Gasteiger partial charge in [0.2, 0.25) is 5.91 Å². The molecule has 3 heterocycles. The number of imidazole rings is 1. The summed E-state index contributed by atoms with van der Waals surface area (Å²) in [6.45, 7) is 4.49. The van der Waals surface area contributed by atoms with Crippen LogP contribution in [0.15, 0.2) is 55.1 Å². The summed E-state index contributed by atoms with van der Waals surface area (Å²) in [6, 6.07) is 11.6. The summed E-state index contributed by atoms with van der Waals surface area (Å²) in [7, 11) is 0. The van der Waals surface area contributed by atoms with Gasteiger partial charge in [0.15, 0.2) is 0 Å². The van der Waals surface area contributed by atoms with Crippen molar-refractivity contribution in [1.29, 1.82) is 0 Å². The Kier molecular flexibility index (Phi) is 6.22. The van der Waals surface area contributed by atoms with E-state index in [2.05, 4.69) is 25.2 Å². The Balaban J connectivity index is 1.25. The van der Waals surface area contributed by atoms with Crippen molar-refractivity contribution in [2.24, 2.45) is 5.92 Å². The lowest BCUT2D eigenvalue weighted by Gasteiger charge is -2.32. The molecule has 0 unspecified atom stereocenters. The highest BCUT2D eigenvalue weighted by Gasteiger charge is 2.25. The van der Waals surface area contributed by atoms with Crippen molar-refractivity contribution >= 4 is 11.7 Å². The number of aromatic nitrogens is 4. The number of nitrogens with zero attached hydrogens (tertiary/aromatic N) is 5. The van der Waals surface area contributed by atoms with Crippen LogP contribution in [0.5, 0.6) is 5.75 Å². The summed E-state index contributed by atoms with van der Waals surface area (Å²) in [6.07, 6.45) is 6.82. The maximum absolute atomic E-state index is 12.5. The van der Waals surface area contributed by atoms with Crippen molar-refractivity contribution in [2.45, 2.75) is 19.8 Å². The molecule has 1 amide bonds. The molecule has 2 aromatic heterocycles. The molecule has 30 heavy (non-hydrogen) atoms. The lowest BCUT2D eigenvalue weighted by molar-refractivity contribution is -0.125. The molecule has 0 aliphatic carbocycles. The molecule has 0 bridgehead atoms.